The molecule has 0 spiro atoms. The van der Waals surface area contributed by atoms with E-state index in [-0.39, 0.29) is 6.04 Å². The van der Waals surface area contributed by atoms with E-state index in [1.165, 1.54) is 11.3 Å². The molecule has 2 nitrogen and oxygen atoms in total. The lowest BCUT2D eigenvalue weighted by molar-refractivity contribution is 0.622. The Morgan fingerprint density at radius 2 is 1.93 bits per heavy atom. The molecule has 0 heterocycles. The van der Waals surface area contributed by atoms with E-state index in [1.54, 1.807) is 0 Å². The predicted octanol–water partition coefficient (Wildman–Crippen LogP) is 2.56. The molecule has 0 bridgehead atoms. The lowest BCUT2D eigenvalue weighted by Gasteiger charge is -2.27. The van der Waals surface area contributed by atoms with E-state index in [0.29, 0.717) is 0 Å². The summed E-state index contributed by atoms with van der Waals surface area (Å²) < 4.78 is 0. The van der Waals surface area contributed by atoms with Gasteiger partial charge in [0.2, 0.25) is 0 Å². The van der Waals surface area contributed by atoms with Crippen LogP contribution in [0, 0.1) is 6.92 Å². The van der Waals surface area contributed by atoms with Crippen molar-refractivity contribution in [3.05, 3.63) is 29.8 Å². The van der Waals surface area contributed by atoms with Gasteiger partial charge >= 0.3 is 0 Å². The van der Waals surface area contributed by atoms with Crippen molar-refractivity contribution in [2.24, 2.45) is 5.73 Å². The Bertz CT molecular complexity index is 296. The first-order chi connectivity index (χ1) is 7.19. The van der Waals surface area contributed by atoms with Gasteiger partial charge in [-0.15, -0.1) is 0 Å². The van der Waals surface area contributed by atoms with Crippen molar-refractivity contribution in [3.8, 4) is 0 Å². The largest absolute Gasteiger partial charge is 0.370 e. The molecule has 0 saturated heterocycles. The maximum atomic E-state index is 6.00. The molecular weight excluding hydrogens is 184 g/mol. The van der Waals surface area contributed by atoms with E-state index in [4.69, 9.17) is 5.73 Å². The molecule has 0 aromatic heterocycles. The van der Waals surface area contributed by atoms with Crippen LogP contribution in [0.3, 0.4) is 0 Å². The number of nitrogens with zero attached hydrogens (tertiary/aromatic N) is 1. The molecular formula is C13H22N2. The van der Waals surface area contributed by atoms with Crippen LogP contribution in [0.1, 0.15) is 25.8 Å². The molecule has 1 rings (SSSR count). The maximum Gasteiger partial charge on any atom is 0.0396 e. The minimum atomic E-state index is 0.268. The van der Waals surface area contributed by atoms with Gasteiger partial charge in [0, 0.05) is 24.8 Å². The summed E-state index contributed by atoms with van der Waals surface area (Å²) in [5.74, 6) is 0. The first-order valence-corrected chi connectivity index (χ1v) is 5.75. The molecule has 0 saturated carbocycles. The lowest BCUT2D eigenvalue weighted by Crippen LogP contribution is -2.37. The zero-order valence-corrected chi connectivity index (χ0v) is 10.0. The van der Waals surface area contributed by atoms with Gasteiger partial charge in [-0.05, 0) is 31.9 Å². The summed E-state index contributed by atoms with van der Waals surface area (Å²) in [5, 5.41) is 0. The fourth-order valence-corrected chi connectivity index (χ4v) is 1.73. The molecule has 1 aromatic carbocycles. The molecule has 2 N–H and O–H groups in total. The average Bonchev–Trinajstić information content (AvgIpc) is 2.26. The van der Waals surface area contributed by atoms with E-state index in [0.717, 1.165) is 19.5 Å². The van der Waals surface area contributed by atoms with Gasteiger partial charge in [0.1, 0.15) is 0 Å². The van der Waals surface area contributed by atoms with Gasteiger partial charge in [-0.2, -0.15) is 0 Å². The molecule has 1 atom stereocenters. The van der Waals surface area contributed by atoms with Crippen molar-refractivity contribution in [3.63, 3.8) is 0 Å². The van der Waals surface area contributed by atoms with Crippen LogP contribution in [0.25, 0.3) is 0 Å². The van der Waals surface area contributed by atoms with Gasteiger partial charge in [-0.3, -0.25) is 0 Å². The van der Waals surface area contributed by atoms with E-state index in [9.17, 15) is 0 Å². The van der Waals surface area contributed by atoms with E-state index in [1.807, 2.05) is 0 Å². The first kappa shape index (κ1) is 12.1. The number of likely N-dealkylation sites (N-methyl/N-ethyl adjacent to an activating group) is 1. The molecule has 0 aliphatic rings. The van der Waals surface area contributed by atoms with Gasteiger partial charge in [0.05, 0.1) is 0 Å². The third kappa shape index (κ3) is 3.24. The van der Waals surface area contributed by atoms with E-state index in [2.05, 4.69) is 49.9 Å². The molecule has 0 amide bonds. The molecule has 0 fully saturated rings. The highest BCUT2D eigenvalue weighted by Crippen LogP contribution is 2.19. The molecule has 15 heavy (non-hydrogen) atoms. The van der Waals surface area contributed by atoms with Crippen LogP contribution >= 0.6 is 0 Å². The topological polar surface area (TPSA) is 29.3 Å². The second-order valence-corrected chi connectivity index (χ2v) is 3.99. The van der Waals surface area contributed by atoms with E-state index < -0.39 is 0 Å². The fourth-order valence-electron chi connectivity index (χ4n) is 1.73. The Labute approximate surface area is 93.1 Å². The number of para-hydroxylation sites is 1. The quantitative estimate of drug-likeness (QED) is 0.802. The summed E-state index contributed by atoms with van der Waals surface area (Å²) in [6, 6.07) is 8.75. The predicted molar refractivity (Wildman–Crippen MR) is 67.3 cm³/mol. The van der Waals surface area contributed by atoms with Crippen molar-refractivity contribution in [2.45, 2.75) is 33.2 Å². The number of hydrogen-bond donors (Lipinski definition) is 1. The normalized spacial score (nSPS) is 12.5. The van der Waals surface area contributed by atoms with Gasteiger partial charge in [-0.1, -0.05) is 25.1 Å². The van der Waals surface area contributed by atoms with Crippen molar-refractivity contribution in [1.82, 2.24) is 0 Å². The van der Waals surface area contributed by atoms with Crippen LogP contribution in [-0.2, 0) is 0 Å². The zero-order chi connectivity index (χ0) is 11.3. The first-order valence-electron chi connectivity index (χ1n) is 5.75. The molecule has 0 aliphatic heterocycles. The van der Waals surface area contributed by atoms with Crippen molar-refractivity contribution in [2.75, 3.05) is 18.0 Å². The van der Waals surface area contributed by atoms with Crippen LogP contribution in [0.15, 0.2) is 24.3 Å². The second-order valence-electron chi connectivity index (χ2n) is 3.99. The SMILES string of the molecule is CCC(N)CN(CC)c1ccccc1C. The Hall–Kier alpha value is -1.02. The standard InChI is InChI=1S/C13H22N2/c1-4-12(14)10-15(5-2)13-9-7-6-8-11(13)3/h6-9,12H,4-5,10,14H2,1-3H3. The number of benzene rings is 1. The number of aryl methyl sites for hydroxylation is 1. The van der Waals surface area contributed by atoms with Gasteiger partial charge in [0.25, 0.3) is 0 Å². The minimum Gasteiger partial charge on any atom is -0.370 e. The molecule has 84 valence electrons. The van der Waals surface area contributed by atoms with Crippen LogP contribution in [-0.4, -0.2) is 19.1 Å². The average molecular weight is 206 g/mol. The van der Waals surface area contributed by atoms with Gasteiger partial charge in [-0.25, -0.2) is 0 Å². The monoisotopic (exact) mass is 206 g/mol. The van der Waals surface area contributed by atoms with Crippen LogP contribution < -0.4 is 10.6 Å². The summed E-state index contributed by atoms with van der Waals surface area (Å²) in [4.78, 5) is 2.35. The van der Waals surface area contributed by atoms with E-state index >= 15 is 0 Å². The van der Waals surface area contributed by atoms with Crippen molar-refractivity contribution >= 4 is 5.69 Å². The van der Waals surface area contributed by atoms with Gasteiger partial charge in [0.15, 0.2) is 0 Å². The van der Waals surface area contributed by atoms with Crippen LogP contribution in [0.4, 0.5) is 5.69 Å². The fraction of sp³-hybridized carbons (Fsp3) is 0.538. The van der Waals surface area contributed by atoms with Crippen LogP contribution in [0.5, 0.6) is 0 Å². The number of hydrogen-bond acceptors (Lipinski definition) is 2. The number of anilines is 1. The molecule has 0 aliphatic carbocycles. The molecule has 1 aromatic rings. The Morgan fingerprint density at radius 1 is 1.27 bits per heavy atom. The highest BCUT2D eigenvalue weighted by Gasteiger charge is 2.09. The Balaban J connectivity index is 2.78. The smallest absolute Gasteiger partial charge is 0.0396 e. The summed E-state index contributed by atoms with van der Waals surface area (Å²) >= 11 is 0. The summed E-state index contributed by atoms with van der Waals surface area (Å²) in [6.45, 7) is 8.41. The molecule has 0 radical (unpaired) electrons. The highest BCUT2D eigenvalue weighted by molar-refractivity contribution is 5.52. The zero-order valence-electron chi connectivity index (χ0n) is 10.0. The summed E-state index contributed by atoms with van der Waals surface area (Å²) in [5.41, 5.74) is 8.63. The molecule has 2 heteroatoms. The minimum absolute atomic E-state index is 0.268. The Kier molecular flexibility index (Phi) is 4.63. The van der Waals surface area contributed by atoms with Crippen LogP contribution in [0.2, 0.25) is 0 Å². The lowest BCUT2D eigenvalue weighted by atomic mass is 10.1. The third-order valence-electron chi connectivity index (χ3n) is 2.82. The molecule has 1 unspecified atom stereocenters. The summed E-state index contributed by atoms with van der Waals surface area (Å²) in [7, 11) is 0. The number of rotatable bonds is 5. The third-order valence-corrected chi connectivity index (χ3v) is 2.82. The highest BCUT2D eigenvalue weighted by atomic mass is 15.1. The second kappa shape index (κ2) is 5.76. The van der Waals surface area contributed by atoms with Crippen molar-refractivity contribution in [1.29, 1.82) is 0 Å². The Morgan fingerprint density at radius 3 is 2.47 bits per heavy atom. The summed E-state index contributed by atoms with van der Waals surface area (Å²) in [6.07, 6.45) is 1.03. The van der Waals surface area contributed by atoms with Gasteiger partial charge < -0.3 is 10.6 Å². The maximum absolute atomic E-state index is 6.00. The van der Waals surface area contributed by atoms with Crippen molar-refractivity contribution < 1.29 is 0 Å². The number of nitrogens with two attached hydrogens (primary N) is 1.